The van der Waals surface area contributed by atoms with Gasteiger partial charge in [0.05, 0.1) is 0 Å². The molecule has 1 aromatic carbocycles. The Balaban J connectivity index is 0.00000196. The molecule has 0 radical (unpaired) electrons. The molecule has 0 saturated heterocycles. The fourth-order valence-corrected chi connectivity index (χ4v) is 1.35. The van der Waals surface area contributed by atoms with Crippen molar-refractivity contribution in [3.05, 3.63) is 34.6 Å². The molecule has 1 atom stereocenters. The first kappa shape index (κ1) is 14.7. The van der Waals surface area contributed by atoms with Crippen molar-refractivity contribution in [1.82, 2.24) is 5.32 Å². The molecule has 0 amide bonds. The van der Waals surface area contributed by atoms with E-state index in [1.807, 2.05) is 0 Å². The van der Waals surface area contributed by atoms with Crippen molar-refractivity contribution < 1.29 is 4.39 Å². The lowest BCUT2D eigenvalue weighted by molar-refractivity contribution is 0.517. The molecule has 0 bridgehead atoms. The zero-order valence-corrected chi connectivity index (χ0v) is 10.5. The predicted molar refractivity (Wildman–Crippen MR) is 65.3 cm³/mol. The minimum Gasteiger partial charge on any atom is -0.310 e. The van der Waals surface area contributed by atoms with Gasteiger partial charge in [-0.2, -0.15) is 0 Å². The van der Waals surface area contributed by atoms with Crippen LogP contribution in [0.2, 0.25) is 5.02 Å². The Hall–Kier alpha value is -0.310. The van der Waals surface area contributed by atoms with Crippen LogP contribution in [0.25, 0.3) is 0 Å². The predicted octanol–water partition coefficient (Wildman–Crippen LogP) is 3.79. The highest BCUT2D eigenvalue weighted by molar-refractivity contribution is 6.31. The Morgan fingerprint density at radius 1 is 1.47 bits per heavy atom. The summed E-state index contributed by atoms with van der Waals surface area (Å²) in [7, 11) is 0. The van der Waals surface area contributed by atoms with Crippen molar-refractivity contribution >= 4 is 24.0 Å². The second-order valence-electron chi connectivity index (χ2n) is 3.39. The van der Waals surface area contributed by atoms with E-state index in [0.29, 0.717) is 23.2 Å². The van der Waals surface area contributed by atoms with Gasteiger partial charge in [-0.1, -0.05) is 24.6 Å². The normalized spacial score (nSPS) is 12.0. The maximum atomic E-state index is 13.3. The third-order valence-electron chi connectivity index (χ3n) is 2.30. The number of rotatable bonds is 4. The van der Waals surface area contributed by atoms with Gasteiger partial charge < -0.3 is 5.32 Å². The molecule has 0 aromatic heterocycles. The molecule has 1 nitrogen and oxygen atoms in total. The van der Waals surface area contributed by atoms with Crippen LogP contribution in [-0.4, -0.2) is 6.04 Å². The summed E-state index contributed by atoms with van der Waals surface area (Å²) in [6.07, 6.45) is 1.02. The Kier molecular flexibility index (Phi) is 6.90. The summed E-state index contributed by atoms with van der Waals surface area (Å²) in [5, 5.41) is 3.69. The van der Waals surface area contributed by atoms with E-state index in [-0.39, 0.29) is 18.2 Å². The maximum absolute atomic E-state index is 13.3. The van der Waals surface area contributed by atoms with E-state index >= 15 is 0 Å². The molecule has 0 aliphatic rings. The van der Waals surface area contributed by atoms with Gasteiger partial charge in [0.2, 0.25) is 0 Å². The molecule has 15 heavy (non-hydrogen) atoms. The largest absolute Gasteiger partial charge is 0.310 e. The van der Waals surface area contributed by atoms with E-state index in [1.54, 1.807) is 12.1 Å². The molecule has 86 valence electrons. The Morgan fingerprint density at radius 2 is 2.13 bits per heavy atom. The third-order valence-corrected chi connectivity index (χ3v) is 2.66. The van der Waals surface area contributed by atoms with Crippen LogP contribution in [0.15, 0.2) is 18.2 Å². The number of benzene rings is 1. The molecule has 1 aromatic rings. The van der Waals surface area contributed by atoms with Gasteiger partial charge in [0.25, 0.3) is 0 Å². The van der Waals surface area contributed by atoms with Gasteiger partial charge in [-0.15, -0.1) is 12.4 Å². The average Bonchev–Trinajstić information content (AvgIpc) is 2.16. The van der Waals surface area contributed by atoms with Crippen LogP contribution in [0, 0.1) is 5.82 Å². The molecule has 0 spiro atoms. The standard InChI is InChI=1S/C11H15ClFN.ClH/c1-3-8(2)14-7-9-10(12)5-4-6-11(9)13;/h4-6,8,14H,3,7H2,1-2H3;1H. The van der Waals surface area contributed by atoms with E-state index in [1.165, 1.54) is 6.07 Å². The lowest BCUT2D eigenvalue weighted by Crippen LogP contribution is -2.25. The zero-order valence-electron chi connectivity index (χ0n) is 8.89. The Morgan fingerprint density at radius 3 is 2.67 bits per heavy atom. The molecule has 0 aliphatic carbocycles. The van der Waals surface area contributed by atoms with Crippen LogP contribution in [0.1, 0.15) is 25.8 Å². The van der Waals surface area contributed by atoms with Crippen molar-refractivity contribution in [3.8, 4) is 0 Å². The molecule has 0 saturated carbocycles. The summed E-state index contributed by atoms with van der Waals surface area (Å²) < 4.78 is 13.3. The lowest BCUT2D eigenvalue weighted by atomic mass is 10.2. The van der Waals surface area contributed by atoms with Crippen LogP contribution in [0.3, 0.4) is 0 Å². The van der Waals surface area contributed by atoms with Crippen LogP contribution >= 0.6 is 24.0 Å². The van der Waals surface area contributed by atoms with E-state index < -0.39 is 0 Å². The smallest absolute Gasteiger partial charge is 0.129 e. The molecule has 4 heteroatoms. The van der Waals surface area contributed by atoms with E-state index in [0.717, 1.165) is 6.42 Å². The fraction of sp³-hybridized carbons (Fsp3) is 0.455. The SMILES string of the molecule is CCC(C)NCc1c(F)cccc1Cl.Cl. The monoisotopic (exact) mass is 251 g/mol. The van der Waals surface area contributed by atoms with Crippen LogP contribution in [-0.2, 0) is 6.54 Å². The summed E-state index contributed by atoms with van der Waals surface area (Å²) in [5.74, 6) is -0.242. The molecule has 0 aliphatic heterocycles. The summed E-state index contributed by atoms with van der Waals surface area (Å²) in [6.45, 7) is 4.63. The third kappa shape index (κ3) is 4.37. The molecule has 1 unspecified atom stereocenters. The van der Waals surface area contributed by atoms with Gasteiger partial charge >= 0.3 is 0 Å². The first-order valence-corrected chi connectivity index (χ1v) is 5.19. The second kappa shape index (κ2) is 7.04. The second-order valence-corrected chi connectivity index (χ2v) is 3.80. The van der Waals surface area contributed by atoms with E-state index in [4.69, 9.17) is 11.6 Å². The van der Waals surface area contributed by atoms with Crippen molar-refractivity contribution in [3.63, 3.8) is 0 Å². The highest BCUT2D eigenvalue weighted by Gasteiger charge is 2.07. The highest BCUT2D eigenvalue weighted by atomic mass is 35.5. The maximum Gasteiger partial charge on any atom is 0.129 e. The van der Waals surface area contributed by atoms with Gasteiger partial charge in [0.15, 0.2) is 0 Å². The number of hydrogen-bond donors (Lipinski definition) is 1. The quantitative estimate of drug-likeness (QED) is 0.859. The number of halogens is 3. The van der Waals surface area contributed by atoms with Crippen molar-refractivity contribution in [2.45, 2.75) is 32.9 Å². The Labute approximate surface area is 101 Å². The average molecular weight is 252 g/mol. The zero-order chi connectivity index (χ0) is 10.6. The molecule has 0 fully saturated rings. The topological polar surface area (TPSA) is 12.0 Å². The van der Waals surface area contributed by atoms with Crippen LogP contribution in [0.5, 0.6) is 0 Å². The molecule has 0 heterocycles. The van der Waals surface area contributed by atoms with Gasteiger partial charge in [-0.05, 0) is 25.5 Å². The van der Waals surface area contributed by atoms with E-state index in [9.17, 15) is 4.39 Å². The number of nitrogens with one attached hydrogen (secondary N) is 1. The first-order chi connectivity index (χ1) is 6.65. The summed E-state index contributed by atoms with van der Waals surface area (Å²) >= 11 is 5.88. The highest BCUT2D eigenvalue weighted by Crippen LogP contribution is 2.18. The minimum absolute atomic E-state index is 0. The minimum atomic E-state index is -0.242. The Bertz CT molecular complexity index is 284. The summed E-state index contributed by atoms with van der Waals surface area (Å²) in [5.41, 5.74) is 0.550. The van der Waals surface area contributed by atoms with Gasteiger partial charge in [-0.25, -0.2) is 4.39 Å². The summed E-state index contributed by atoms with van der Waals surface area (Å²) in [4.78, 5) is 0. The summed E-state index contributed by atoms with van der Waals surface area (Å²) in [6, 6.07) is 5.13. The molecular weight excluding hydrogens is 236 g/mol. The van der Waals surface area contributed by atoms with Gasteiger partial charge in [-0.3, -0.25) is 0 Å². The van der Waals surface area contributed by atoms with Crippen LogP contribution in [0.4, 0.5) is 4.39 Å². The van der Waals surface area contributed by atoms with E-state index in [2.05, 4.69) is 19.2 Å². The lowest BCUT2D eigenvalue weighted by Gasteiger charge is -2.12. The van der Waals surface area contributed by atoms with Gasteiger partial charge in [0.1, 0.15) is 5.82 Å². The first-order valence-electron chi connectivity index (χ1n) is 4.81. The van der Waals surface area contributed by atoms with Gasteiger partial charge in [0, 0.05) is 23.2 Å². The van der Waals surface area contributed by atoms with Crippen molar-refractivity contribution in [1.29, 1.82) is 0 Å². The molecule has 1 N–H and O–H groups in total. The van der Waals surface area contributed by atoms with Crippen molar-refractivity contribution in [2.24, 2.45) is 0 Å². The fourth-order valence-electron chi connectivity index (χ4n) is 1.12. The van der Waals surface area contributed by atoms with Crippen molar-refractivity contribution in [2.75, 3.05) is 0 Å². The molecular formula is C11H16Cl2FN. The number of hydrogen-bond acceptors (Lipinski definition) is 1. The molecule has 1 rings (SSSR count). The van der Waals surface area contributed by atoms with Crippen LogP contribution < -0.4 is 5.32 Å².